The quantitative estimate of drug-likeness (QED) is 0.350. The van der Waals surface area contributed by atoms with Crippen LogP contribution >= 0.6 is 46.3 Å². The van der Waals surface area contributed by atoms with Gasteiger partial charge in [0, 0.05) is 10.8 Å². The zero-order valence-electron chi connectivity index (χ0n) is 13.8. The highest BCUT2D eigenvalue weighted by Crippen LogP contribution is 2.32. The van der Waals surface area contributed by atoms with E-state index in [2.05, 4.69) is 15.5 Å². The molecule has 0 atom stereocenters. The number of rotatable bonds is 5. The summed E-state index contributed by atoms with van der Waals surface area (Å²) in [7, 11) is 0. The van der Waals surface area contributed by atoms with E-state index in [0.29, 0.717) is 20.7 Å². The Morgan fingerprint density at radius 2 is 1.82 bits per heavy atom. The first kappa shape index (κ1) is 20.9. The van der Waals surface area contributed by atoms with E-state index < -0.39 is 17.6 Å². The van der Waals surface area contributed by atoms with Gasteiger partial charge in [0.05, 0.1) is 16.1 Å². The largest absolute Gasteiger partial charge is 0.416 e. The van der Waals surface area contributed by atoms with Crippen LogP contribution < -0.4 is 5.32 Å². The van der Waals surface area contributed by atoms with Gasteiger partial charge in [-0.25, -0.2) is 0 Å². The van der Waals surface area contributed by atoms with Gasteiger partial charge in [0.1, 0.15) is 0 Å². The fourth-order valence-electron chi connectivity index (χ4n) is 2.09. The number of halogens is 5. The van der Waals surface area contributed by atoms with Gasteiger partial charge in [0.15, 0.2) is 4.34 Å². The van der Waals surface area contributed by atoms with Crippen LogP contribution in [0.25, 0.3) is 0 Å². The van der Waals surface area contributed by atoms with Gasteiger partial charge in [0.2, 0.25) is 5.13 Å². The van der Waals surface area contributed by atoms with Gasteiger partial charge in [-0.05, 0) is 35.9 Å². The normalized spacial score (nSPS) is 11.5. The number of alkyl halides is 3. The lowest BCUT2D eigenvalue weighted by molar-refractivity contribution is -0.137. The predicted octanol–water partition coefficient (Wildman–Crippen LogP) is 6.41. The third-order valence-corrected chi connectivity index (χ3v) is 6.05. The van der Waals surface area contributed by atoms with Crippen LogP contribution in [-0.2, 0) is 11.9 Å². The monoisotopic (exact) mass is 463 g/mol. The summed E-state index contributed by atoms with van der Waals surface area (Å²) >= 11 is 14.3. The number of hydrogen-bond acceptors (Lipinski definition) is 5. The summed E-state index contributed by atoms with van der Waals surface area (Å²) in [6.07, 6.45) is -4.36. The van der Waals surface area contributed by atoms with Crippen molar-refractivity contribution in [3.63, 3.8) is 0 Å². The molecule has 4 nitrogen and oxygen atoms in total. The molecule has 11 heteroatoms. The Bertz CT molecular complexity index is 994. The van der Waals surface area contributed by atoms with Crippen LogP contribution in [0.15, 0.2) is 46.8 Å². The van der Waals surface area contributed by atoms with E-state index in [1.807, 2.05) is 0 Å². The number of aromatic nitrogens is 2. The molecule has 0 saturated carbocycles. The van der Waals surface area contributed by atoms with Crippen LogP contribution in [0.3, 0.4) is 0 Å². The van der Waals surface area contributed by atoms with Crippen molar-refractivity contribution in [2.45, 2.75) is 16.3 Å². The summed E-state index contributed by atoms with van der Waals surface area (Å²) < 4.78 is 38.3. The lowest BCUT2D eigenvalue weighted by atomic mass is 10.1. The van der Waals surface area contributed by atoms with E-state index in [0.717, 1.165) is 23.5 Å². The maximum absolute atomic E-state index is 12.6. The maximum Gasteiger partial charge on any atom is 0.416 e. The van der Waals surface area contributed by atoms with Crippen molar-refractivity contribution in [3.05, 3.63) is 69.2 Å². The smallest absolute Gasteiger partial charge is 0.296 e. The Morgan fingerprint density at radius 3 is 2.50 bits per heavy atom. The van der Waals surface area contributed by atoms with Gasteiger partial charge in [-0.1, -0.05) is 58.4 Å². The number of carbonyl (C=O) groups excluding carboxylic acids is 1. The van der Waals surface area contributed by atoms with Gasteiger partial charge in [-0.2, -0.15) is 13.2 Å². The molecular formula is C17H10Cl2F3N3OS2. The molecule has 146 valence electrons. The molecule has 0 saturated heterocycles. The second kappa shape index (κ2) is 8.69. The first-order valence-corrected chi connectivity index (χ1v) is 10.2. The van der Waals surface area contributed by atoms with E-state index in [1.54, 1.807) is 6.07 Å². The molecule has 0 aliphatic heterocycles. The number of amides is 1. The highest BCUT2D eigenvalue weighted by Gasteiger charge is 2.29. The minimum atomic E-state index is -4.36. The maximum atomic E-state index is 12.6. The molecule has 1 heterocycles. The summed E-state index contributed by atoms with van der Waals surface area (Å²) in [5.41, 5.74) is 0.231. The zero-order valence-corrected chi connectivity index (χ0v) is 16.9. The van der Waals surface area contributed by atoms with E-state index >= 15 is 0 Å². The SMILES string of the molecule is O=C(Nc1nnc(SCc2ccc(C(F)(F)F)cc2)s1)c1cc(Cl)ccc1Cl. The molecule has 1 aromatic heterocycles. The molecule has 3 aromatic rings. The minimum Gasteiger partial charge on any atom is -0.296 e. The topological polar surface area (TPSA) is 54.9 Å². The van der Waals surface area contributed by atoms with Crippen LogP contribution in [0.1, 0.15) is 21.5 Å². The third-order valence-electron chi connectivity index (χ3n) is 3.44. The molecule has 0 unspecified atom stereocenters. The van der Waals surface area contributed by atoms with Gasteiger partial charge in [-0.15, -0.1) is 10.2 Å². The van der Waals surface area contributed by atoms with Crippen molar-refractivity contribution in [3.8, 4) is 0 Å². The van der Waals surface area contributed by atoms with Crippen LogP contribution in [-0.4, -0.2) is 16.1 Å². The summed E-state index contributed by atoms with van der Waals surface area (Å²) in [4.78, 5) is 12.3. The number of nitrogens with one attached hydrogen (secondary N) is 1. The van der Waals surface area contributed by atoms with E-state index in [9.17, 15) is 18.0 Å². The second-order valence-electron chi connectivity index (χ2n) is 5.43. The number of carbonyl (C=O) groups is 1. The second-order valence-corrected chi connectivity index (χ2v) is 8.48. The van der Waals surface area contributed by atoms with Crippen molar-refractivity contribution in [1.29, 1.82) is 0 Å². The van der Waals surface area contributed by atoms with E-state index in [1.165, 1.54) is 36.0 Å². The van der Waals surface area contributed by atoms with Gasteiger partial charge >= 0.3 is 6.18 Å². The highest BCUT2D eigenvalue weighted by molar-refractivity contribution is 8.00. The first-order chi connectivity index (χ1) is 13.2. The van der Waals surface area contributed by atoms with Crippen LogP contribution in [0.5, 0.6) is 0 Å². The fourth-order valence-corrected chi connectivity index (χ4v) is 4.17. The molecule has 0 bridgehead atoms. The summed E-state index contributed by atoms with van der Waals surface area (Å²) in [5, 5.41) is 11.3. The van der Waals surface area contributed by atoms with Crippen LogP contribution in [0.2, 0.25) is 10.0 Å². The number of thioether (sulfide) groups is 1. The van der Waals surface area contributed by atoms with Gasteiger partial charge < -0.3 is 0 Å². The molecule has 1 N–H and O–H groups in total. The Hall–Kier alpha value is -1.81. The molecule has 3 rings (SSSR count). The average Bonchev–Trinajstić information content (AvgIpc) is 3.09. The Balaban J connectivity index is 1.60. The molecule has 2 aromatic carbocycles. The Kier molecular flexibility index (Phi) is 6.49. The zero-order chi connectivity index (χ0) is 20.3. The first-order valence-electron chi connectivity index (χ1n) is 7.61. The molecule has 0 radical (unpaired) electrons. The molecule has 0 aliphatic rings. The summed E-state index contributed by atoms with van der Waals surface area (Å²) in [5.74, 6) is -0.0520. The number of anilines is 1. The number of hydrogen-bond donors (Lipinski definition) is 1. The predicted molar refractivity (Wildman–Crippen MR) is 105 cm³/mol. The van der Waals surface area contributed by atoms with Crippen molar-refractivity contribution >= 4 is 57.3 Å². The summed E-state index contributed by atoms with van der Waals surface area (Å²) in [6.45, 7) is 0. The molecule has 0 fully saturated rings. The third kappa shape index (κ3) is 5.38. The number of benzene rings is 2. The molecular weight excluding hydrogens is 454 g/mol. The number of nitrogens with zero attached hydrogens (tertiary/aromatic N) is 2. The van der Waals surface area contributed by atoms with Gasteiger partial charge in [0.25, 0.3) is 5.91 Å². The van der Waals surface area contributed by atoms with Crippen LogP contribution in [0.4, 0.5) is 18.3 Å². The van der Waals surface area contributed by atoms with Crippen molar-refractivity contribution in [2.24, 2.45) is 0 Å². The molecule has 0 aliphatic carbocycles. The fraction of sp³-hybridized carbons (Fsp3) is 0.118. The van der Waals surface area contributed by atoms with Crippen molar-refractivity contribution in [1.82, 2.24) is 10.2 Å². The lowest BCUT2D eigenvalue weighted by Gasteiger charge is -2.06. The Labute approximate surface area is 176 Å². The highest BCUT2D eigenvalue weighted by atomic mass is 35.5. The van der Waals surface area contributed by atoms with Gasteiger partial charge in [-0.3, -0.25) is 10.1 Å². The molecule has 1 amide bonds. The Morgan fingerprint density at radius 1 is 1.11 bits per heavy atom. The van der Waals surface area contributed by atoms with Crippen molar-refractivity contribution in [2.75, 3.05) is 5.32 Å². The average molecular weight is 464 g/mol. The standard InChI is InChI=1S/C17H10Cl2F3N3OS2/c18-11-5-6-13(19)12(7-11)14(26)23-15-24-25-16(28-15)27-8-9-1-3-10(4-2-9)17(20,21)22/h1-7H,8H2,(H,23,24,26). The van der Waals surface area contributed by atoms with Crippen molar-refractivity contribution < 1.29 is 18.0 Å². The minimum absolute atomic E-state index is 0.211. The van der Waals surface area contributed by atoms with Crippen LogP contribution in [0, 0.1) is 0 Å². The van der Waals surface area contributed by atoms with E-state index in [-0.39, 0.29) is 15.7 Å². The lowest BCUT2D eigenvalue weighted by Crippen LogP contribution is -2.12. The molecule has 0 spiro atoms. The molecule has 28 heavy (non-hydrogen) atoms. The van der Waals surface area contributed by atoms with E-state index in [4.69, 9.17) is 23.2 Å². The summed E-state index contributed by atoms with van der Waals surface area (Å²) in [6, 6.07) is 9.44.